The van der Waals surface area contributed by atoms with E-state index in [1.165, 1.54) is 0 Å². The Labute approximate surface area is 109 Å². The Morgan fingerprint density at radius 3 is 2.74 bits per heavy atom. The molecule has 2 heterocycles. The molecular weight excluding hydrogens is 242 g/mol. The zero-order valence-corrected chi connectivity index (χ0v) is 10.4. The molecule has 3 aromatic rings. The molecule has 0 amide bonds. The highest BCUT2D eigenvalue weighted by Gasteiger charge is 2.18. The minimum atomic E-state index is -0.428. The van der Waals surface area contributed by atoms with Crippen LogP contribution in [0.25, 0.3) is 11.6 Å². The lowest BCUT2D eigenvalue weighted by molar-refractivity contribution is 0.367. The molecule has 0 bridgehead atoms. The second-order valence-corrected chi connectivity index (χ2v) is 4.21. The summed E-state index contributed by atoms with van der Waals surface area (Å²) in [6, 6.07) is 9.20. The third-order valence-corrected chi connectivity index (χ3v) is 2.89. The van der Waals surface area contributed by atoms with Crippen molar-refractivity contribution in [1.82, 2.24) is 19.7 Å². The van der Waals surface area contributed by atoms with Gasteiger partial charge in [0.15, 0.2) is 5.82 Å². The van der Waals surface area contributed by atoms with Gasteiger partial charge in [0, 0.05) is 19.4 Å². The maximum absolute atomic E-state index is 6.10. The summed E-state index contributed by atoms with van der Waals surface area (Å²) >= 11 is 0. The first-order valence-corrected chi connectivity index (χ1v) is 5.87. The number of hydrogen-bond acceptors (Lipinski definition) is 5. The highest BCUT2D eigenvalue weighted by Crippen LogP contribution is 2.20. The molecule has 1 atom stereocenters. The van der Waals surface area contributed by atoms with Gasteiger partial charge in [-0.1, -0.05) is 35.5 Å². The van der Waals surface area contributed by atoms with Gasteiger partial charge >= 0.3 is 0 Å². The fourth-order valence-corrected chi connectivity index (χ4v) is 1.84. The number of aryl methyl sites for hydroxylation is 1. The van der Waals surface area contributed by atoms with Crippen LogP contribution in [0.15, 0.2) is 47.2 Å². The van der Waals surface area contributed by atoms with Crippen LogP contribution in [-0.4, -0.2) is 19.7 Å². The molecule has 0 saturated heterocycles. The number of rotatable bonds is 3. The van der Waals surface area contributed by atoms with Crippen molar-refractivity contribution in [2.75, 3.05) is 0 Å². The fourth-order valence-electron chi connectivity index (χ4n) is 1.84. The van der Waals surface area contributed by atoms with Crippen LogP contribution in [-0.2, 0) is 7.05 Å². The molecule has 0 fully saturated rings. The first-order chi connectivity index (χ1) is 9.25. The van der Waals surface area contributed by atoms with Crippen LogP contribution in [0, 0.1) is 0 Å². The average Bonchev–Trinajstić information content (AvgIpc) is 3.07. The van der Waals surface area contributed by atoms with E-state index in [-0.39, 0.29) is 0 Å². The minimum Gasteiger partial charge on any atom is -0.337 e. The van der Waals surface area contributed by atoms with Gasteiger partial charge in [0.05, 0.1) is 0 Å². The number of nitrogens with two attached hydrogens (primary N) is 1. The van der Waals surface area contributed by atoms with Crippen molar-refractivity contribution in [1.29, 1.82) is 0 Å². The summed E-state index contributed by atoms with van der Waals surface area (Å²) < 4.78 is 7.04. The van der Waals surface area contributed by atoms with Gasteiger partial charge in [-0.05, 0) is 5.56 Å². The number of benzene rings is 1. The number of imidazole rings is 1. The Balaban J connectivity index is 1.92. The van der Waals surface area contributed by atoms with Gasteiger partial charge in [-0.2, -0.15) is 4.98 Å². The van der Waals surface area contributed by atoms with Crippen LogP contribution in [0.4, 0.5) is 0 Å². The molecule has 2 aromatic heterocycles. The summed E-state index contributed by atoms with van der Waals surface area (Å²) in [7, 11) is 1.87. The lowest BCUT2D eigenvalue weighted by Crippen LogP contribution is -2.12. The van der Waals surface area contributed by atoms with Gasteiger partial charge in [-0.3, -0.25) is 0 Å². The number of aromatic nitrogens is 4. The van der Waals surface area contributed by atoms with Crippen molar-refractivity contribution >= 4 is 0 Å². The number of nitrogens with zero attached hydrogens (tertiary/aromatic N) is 4. The van der Waals surface area contributed by atoms with Gasteiger partial charge in [0.25, 0.3) is 0 Å². The Morgan fingerprint density at radius 1 is 1.26 bits per heavy atom. The van der Waals surface area contributed by atoms with Crippen molar-refractivity contribution in [2.24, 2.45) is 12.8 Å². The lowest BCUT2D eigenvalue weighted by Gasteiger charge is -2.05. The Kier molecular flexibility index (Phi) is 2.85. The van der Waals surface area contributed by atoms with Crippen LogP contribution >= 0.6 is 0 Å². The molecule has 0 aliphatic rings. The zero-order valence-electron chi connectivity index (χ0n) is 10.4. The van der Waals surface area contributed by atoms with Gasteiger partial charge in [0.1, 0.15) is 6.04 Å². The molecule has 0 aliphatic carbocycles. The second-order valence-electron chi connectivity index (χ2n) is 4.21. The van der Waals surface area contributed by atoms with Crippen molar-refractivity contribution < 1.29 is 4.52 Å². The van der Waals surface area contributed by atoms with Crippen molar-refractivity contribution in [3.63, 3.8) is 0 Å². The standard InChI is InChI=1S/C13H13N5O/c1-18-8-7-15-12(18)11-16-13(19-17-11)10(14)9-5-3-2-4-6-9/h2-8,10H,14H2,1H3/t10-/m0/s1. The summed E-state index contributed by atoms with van der Waals surface area (Å²) in [5, 5.41) is 3.92. The molecule has 0 saturated carbocycles. The van der Waals surface area contributed by atoms with E-state index in [2.05, 4.69) is 15.1 Å². The Bertz CT molecular complexity index is 673. The van der Waals surface area contributed by atoms with E-state index in [9.17, 15) is 0 Å². The summed E-state index contributed by atoms with van der Waals surface area (Å²) in [6.45, 7) is 0. The first-order valence-electron chi connectivity index (χ1n) is 5.87. The predicted octanol–water partition coefficient (Wildman–Crippen LogP) is 1.52. The van der Waals surface area contributed by atoms with Crippen LogP contribution in [0.2, 0.25) is 0 Å². The fraction of sp³-hybridized carbons (Fsp3) is 0.154. The largest absolute Gasteiger partial charge is 0.337 e. The van der Waals surface area contributed by atoms with Gasteiger partial charge in [-0.15, -0.1) is 0 Å². The SMILES string of the molecule is Cn1ccnc1-c1noc([C@@H](N)c2ccccc2)n1. The smallest absolute Gasteiger partial charge is 0.248 e. The molecule has 1 aromatic carbocycles. The second kappa shape index (κ2) is 4.66. The highest BCUT2D eigenvalue weighted by atomic mass is 16.5. The Hall–Kier alpha value is -2.47. The van der Waals surface area contributed by atoms with E-state index in [0.29, 0.717) is 17.5 Å². The maximum atomic E-state index is 6.10. The molecule has 6 heteroatoms. The van der Waals surface area contributed by atoms with E-state index in [1.54, 1.807) is 6.20 Å². The Morgan fingerprint density at radius 2 is 2.05 bits per heavy atom. The molecule has 96 valence electrons. The van der Waals surface area contributed by atoms with Crippen molar-refractivity contribution in [3.05, 3.63) is 54.2 Å². The van der Waals surface area contributed by atoms with Crippen LogP contribution < -0.4 is 5.73 Å². The van der Waals surface area contributed by atoms with Gasteiger partial charge in [0.2, 0.25) is 11.7 Å². The summed E-state index contributed by atoms with van der Waals surface area (Å²) in [5.41, 5.74) is 7.03. The topological polar surface area (TPSA) is 82.8 Å². The molecule has 2 N–H and O–H groups in total. The predicted molar refractivity (Wildman–Crippen MR) is 69.0 cm³/mol. The molecular formula is C13H13N5O. The molecule has 0 aliphatic heterocycles. The van der Waals surface area contributed by atoms with E-state index >= 15 is 0 Å². The van der Waals surface area contributed by atoms with Crippen molar-refractivity contribution in [3.8, 4) is 11.6 Å². The quantitative estimate of drug-likeness (QED) is 0.767. The third-order valence-electron chi connectivity index (χ3n) is 2.89. The molecule has 0 radical (unpaired) electrons. The van der Waals surface area contributed by atoms with E-state index in [4.69, 9.17) is 10.3 Å². The normalized spacial score (nSPS) is 12.5. The maximum Gasteiger partial charge on any atom is 0.248 e. The number of hydrogen-bond donors (Lipinski definition) is 1. The monoisotopic (exact) mass is 255 g/mol. The van der Waals surface area contributed by atoms with Crippen molar-refractivity contribution in [2.45, 2.75) is 6.04 Å². The minimum absolute atomic E-state index is 0.379. The molecule has 3 rings (SSSR count). The highest BCUT2D eigenvalue weighted by molar-refractivity contribution is 5.42. The summed E-state index contributed by atoms with van der Waals surface area (Å²) in [5.74, 6) is 1.47. The first kappa shape index (κ1) is 11.6. The van der Waals surface area contributed by atoms with E-state index in [1.807, 2.05) is 48.1 Å². The molecule has 0 spiro atoms. The lowest BCUT2D eigenvalue weighted by atomic mass is 10.1. The van der Waals surface area contributed by atoms with Crippen LogP contribution in [0.3, 0.4) is 0 Å². The van der Waals surface area contributed by atoms with E-state index in [0.717, 1.165) is 5.56 Å². The third kappa shape index (κ3) is 2.13. The van der Waals surface area contributed by atoms with Crippen LogP contribution in [0.1, 0.15) is 17.5 Å². The molecule has 6 nitrogen and oxygen atoms in total. The zero-order chi connectivity index (χ0) is 13.2. The summed E-state index contributed by atoms with van der Waals surface area (Å²) in [6.07, 6.45) is 3.50. The average molecular weight is 255 g/mol. The molecule has 19 heavy (non-hydrogen) atoms. The van der Waals surface area contributed by atoms with Gasteiger partial charge < -0.3 is 14.8 Å². The van der Waals surface area contributed by atoms with E-state index < -0.39 is 6.04 Å². The summed E-state index contributed by atoms with van der Waals surface area (Å²) in [4.78, 5) is 8.47. The molecule has 0 unspecified atom stereocenters. The van der Waals surface area contributed by atoms with Crippen LogP contribution in [0.5, 0.6) is 0 Å². The van der Waals surface area contributed by atoms with Gasteiger partial charge in [-0.25, -0.2) is 4.98 Å².